The van der Waals surface area contributed by atoms with Crippen LogP contribution in [0.3, 0.4) is 0 Å². The van der Waals surface area contributed by atoms with Gasteiger partial charge in [-0.3, -0.25) is 0 Å². The van der Waals surface area contributed by atoms with Crippen molar-refractivity contribution in [2.75, 3.05) is 19.8 Å². The van der Waals surface area contributed by atoms with Crippen molar-refractivity contribution in [2.24, 2.45) is 16.6 Å². The van der Waals surface area contributed by atoms with E-state index in [9.17, 15) is 8.78 Å². The van der Waals surface area contributed by atoms with Crippen LogP contribution in [0.2, 0.25) is 0 Å². The zero-order valence-electron chi connectivity index (χ0n) is 15.2. The number of hydrogen-bond donors (Lipinski definition) is 1. The highest BCUT2D eigenvalue weighted by Crippen LogP contribution is 2.55. The Bertz CT molecular complexity index is 999. The van der Waals surface area contributed by atoms with Crippen LogP contribution in [0, 0.1) is 17.7 Å². The lowest BCUT2D eigenvalue weighted by molar-refractivity contribution is -0.129. The van der Waals surface area contributed by atoms with Crippen LogP contribution in [-0.4, -0.2) is 36.4 Å². The number of nitrogens with zero attached hydrogens (tertiary/aromatic N) is 2. The summed E-state index contributed by atoms with van der Waals surface area (Å²) in [5.74, 6) is -1.15. The summed E-state index contributed by atoms with van der Waals surface area (Å²) >= 11 is 0. The summed E-state index contributed by atoms with van der Waals surface area (Å²) in [5.41, 5.74) is 5.16. The van der Waals surface area contributed by atoms with Crippen LogP contribution in [0.4, 0.5) is 8.78 Å². The van der Waals surface area contributed by atoms with E-state index in [1.807, 2.05) is 6.92 Å². The summed E-state index contributed by atoms with van der Waals surface area (Å²) in [4.78, 5) is 8.25. The van der Waals surface area contributed by atoms with Crippen LogP contribution in [0.5, 0.6) is 5.75 Å². The van der Waals surface area contributed by atoms with Crippen molar-refractivity contribution in [3.05, 3.63) is 47.8 Å². The molecule has 28 heavy (non-hydrogen) atoms. The monoisotopic (exact) mass is 387 g/mol. The maximum absolute atomic E-state index is 15.0. The number of nitrogens with two attached hydrogens (primary N) is 1. The van der Waals surface area contributed by atoms with Gasteiger partial charge in [-0.1, -0.05) is 0 Å². The van der Waals surface area contributed by atoms with Crippen LogP contribution in [0.25, 0.3) is 11.1 Å². The summed E-state index contributed by atoms with van der Waals surface area (Å²) in [5, 5.41) is 0. The smallest absolute Gasteiger partial charge is 0.283 e. The molecule has 3 aliphatic heterocycles. The third-order valence-electron chi connectivity index (χ3n) is 6.02. The largest absolute Gasteiger partial charge is 0.486 e. The van der Waals surface area contributed by atoms with Gasteiger partial charge in [0.1, 0.15) is 29.3 Å². The van der Waals surface area contributed by atoms with E-state index in [1.165, 1.54) is 18.3 Å². The van der Waals surface area contributed by atoms with Crippen molar-refractivity contribution >= 4 is 6.02 Å². The zero-order valence-corrected chi connectivity index (χ0v) is 15.2. The normalized spacial score (nSPS) is 30.8. The summed E-state index contributed by atoms with van der Waals surface area (Å²) in [6.45, 7) is 3.12. The van der Waals surface area contributed by atoms with Gasteiger partial charge < -0.3 is 19.9 Å². The molecule has 146 valence electrons. The molecule has 1 spiro atoms. The van der Waals surface area contributed by atoms with Crippen molar-refractivity contribution in [2.45, 2.75) is 24.5 Å². The second-order valence-corrected chi connectivity index (χ2v) is 7.63. The minimum atomic E-state index is -0.881. The molecule has 1 fully saturated rings. The highest BCUT2D eigenvalue weighted by molar-refractivity contribution is 5.75. The highest BCUT2D eigenvalue weighted by Gasteiger charge is 2.60. The number of pyridine rings is 1. The molecule has 1 saturated heterocycles. The summed E-state index contributed by atoms with van der Waals surface area (Å²) in [6.07, 6.45) is 1.95. The maximum Gasteiger partial charge on any atom is 0.283 e. The first-order valence-electron chi connectivity index (χ1n) is 9.13. The molecular weight excluding hydrogens is 368 g/mol. The van der Waals surface area contributed by atoms with Gasteiger partial charge in [0, 0.05) is 35.4 Å². The Kier molecular flexibility index (Phi) is 3.64. The lowest BCUT2D eigenvalue weighted by atomic mass is 9.66. The van der Waals surface area contributed by atoms with Crippen LogP contribution in [-0.2, 0) is 15.0 Å². The van der Waals surface area contributed by atoms with Gasteiger partial charge >= 0.3 is 0 Å². The molecular formula is C20H19F2N3O3. The van der Waals surface area contributed by atoms with Gasteiger partial charge in [-0.2, -0.15) is 4.39 Å². The van der Waals surface area contributed by atoms with Gasteiger partial charge in [-0.15, -0.1) is 0 Å². The molecule has 0 amide bonds. The molecule has 3 atom stereocenters. The van der Waals surface area contributed by atoms with Gasteiger partial charge in [-0.05, 0) is 25.1 Å². The second kappa shape index (κ2) is 5.88. The zero-order chi connectivity index (χ0) is 19.5. The van der Waals surface area contributed by atoms with Crippen molar-refractivity contribution in [3.63, 3.8) is 0 Å². The van der Waals surface area contributed by atoms with Crippen LogP contribution >= 0.6 is 0 Å². The molecule has 1 unspecified atom stereocenters. The number of aliphatic imine (C=N–C) groups is 1. The molecule has 0 bridgehead atoms. The van der Waals surface area contributed by atoms with Crippen LogP contribution < -0.4 is 10.5 Å². The van der Waals surface area contributed by atoms with Gasteiger partial charge in [-0.25, -0.2) is 14.4 Å². The minimum Gasteiger partial charge on any atom is -0.486 e. The molecule has 8 heteroatoms. The van der Waals surface area contributed by atoms with E-state index >= 15 is 0 Å². The summed E-state index contributed by atoms with van der Waals surface area (Å²) in [6, 6.07) is 5.98. The highest BCUT2D eigenvalue weighted by atomic mass is 19.1. The molecule has 1 aromatic heterocycles. The number of amidine groups is 1. The van der Waals surface area contributed by atoms with Gasteiger partial charge in [0.2, 0.25) is 5.95 Å². The number of aromatic nitrogens is 1. The molecule has 1 aromatic carbocycles. The van der Waals surface area contributed by atoms with E-state index < -0.39 is 22.9 Å². The van der Waals surface area contributed by atoms with E-state index in [1.54, 1.807) is 12.1 Å². The number of fused-ring (bicyclic) bond motifs is 4. The first kappa shape index (κ1) is 17.4. The van der Waals surface area contributed by atoms with Crippen molar-refractivity contribution in [1.82, 2.24) is 4.98 Å². The number of rotatable bonds is 1. The van der Waals surface area contributed by atoms with E-state index in [4.69, 9.17) is 19.9 Å². The fourth-order valence-corrected chi connectivity index (χ4v) is 4.56. The average Bonchev–Trinajstić information content (AvgIpc) is 3.04. The Morgan fingerprint density at radius 3 is 2.86 bits per heavy atom. The standard InChI is InChI=1S/C20H19F2N3O3/c1-19-4-6-26-9-16(19)20(10-27-18(23)25-20)13-7-12(14(21)8-15(13)28-19)11-3-2-5-24-17(11)22/h2-3,5,7-8,16H,4,6,9-10H2,1H3,(H2,23,25)/t16-,19?,20+/m1/s1. The van der Waals surface area contributed by atoms with E-state index in [-0.39, 0.29) is 29.7 Å². The first-order chi connectivity index (χ1) is 13.4. The molecule has 4 heterocycles. The van der Waals surface area contributed by atoms with E-state index in [0.29, 0.717) is 30.9 Å². The van der Waals surface area contributed by atoms with E-state index in [2.05, 4.69) is 9.98 Å². The second-order valence-electron chi connectivity index (χ2n) is 7.63. The van der Waals surface area contributed by atoms with Crippen LogP contribution in [0.1, 0.15) is 18.9 Å². The molecule has 0 radical (unpaired) electrons. The third kappa shape index (κ3) is 2.33. The Morgan fingerprint density at radius 1 is 1.25 bits per heavy atom. The lowest BCUT2D eigenvalue weighted by Gasteiger charge is -2.52. The fourth-order valence-electron chi connectivity index (χ4n) is 4.56. The summed E-state index contributed by atoms with van der Waals surface area (Å²) < 4.78 is 46.7. The van der Waals surface area contributed by atoms with Gasteiger partial charge in [0.25, 0.3) is 6.02 Å². The third-order valence-corrected chi connectivity index (χ3v) is 6.02. The molecule has 5 rings (SSSR count). The predicted molar refractivity (Wildman–Crippen MR) is 96.8 cm³/mol. The summed E-state index contributed by atoms with van der Waals surface area (Å²) in [7, 11) is 0. The van der Waals surface area contributed by atoms with Crippen molar-refractivity contribution in [1.29, 1.82) is 0 Å². The minimum absolute atomic E-state index is 0.0687. The first-order valence-corrected chi connectivity index (χ1v) is 9.13. The molecule has 3 aliphatic rings. The molecule has 6 nitrogen and oxygen atoms in total. The Balaban J connectivity index is 1.75. The fraction of sp³-hybridized carbons (Fsp3) is 0.400. The SMILES string of the molecule is CC12CCOC[C@H]1[C@]1(COC(N)=N1)c1cc(-c3cccnc3F)c(F)cc1O2. The number of benzene rings is 1. The lowest BCUT2D eigenvalue weighted by Crippen LogP contribution is -2.59. The van der Waals surface area contributed by atoms with Crippen molar-refractivity contribution < 1.29 is 23.0 Å². The molecule has 0 saturated carbocycles. The van der Waals surface area contributed by atoms with Gasteiger partial charge in [0.05, 0.1) is 19.1 Å². The van der Waals surface area contributed by atoms with Crippen molar-refractivity contribution in [3.8, 4) is 16.9 Å². The Labute approximate surface area is 160 Å². The topological polar surface area (TPSA) is 79.0 Å². The van der Waals surface area contributed by atoms with Gasteiger partial charge in [0.15, 0.2) is 0 Å². The predicted octanol–water partition coefficient (Wildman–Crippen LogP) is 2.75. The quantitative estimate of drug-likeness (QED) is 0.762. The average molecular weight is 387 g/mol. The molecule has 2 N–H and O–H groups in total. The Morgan fingerprint density at radius 2 is 2.11 bits per heavy atom. The maximum atomic E-state index is 15.0. The van der Waals surface area contributed by atoms with Crippen LogP contribution in [0.15, 0.2) is 35.5 Å². The molecule has 0 aliphatic carbocycles. The number of ether oxygens (including phenoxy) is 3. The number of hydrogen-bond acceptors (Lipinski definition) is 6. The molecule has 2 aromatic rings. The number of halogens is 2. The Hall–Kier alpha value is -2.74. The van der Waals surface area contributed by atoms with E-state index in [0.717, 1.165) is 0 Å².